The average Bonchev–Trinajstić information content (AvgIpc) is 2.74. The molecule has 0 radical (unpaired) electrons. The zero-order valence-electron chi connectivity index (χ0n) is 17.4. The van der Waals surface area contributed by atoms with Crippen molar-refractivity contribution in [1.29, 1.82) is 0 Å². The number of benzene rings is 2. The molecule has 0 aliphatic rings. The first-order chi connectivity index (χ1) is 14.6. The number of pyridine rings is 1. The number of carbonyl (C=O) groups excluding carboxylic acids is 1. The maximum atomic E-state index is 13.3. The molecule has 2 aromatic carbocycles. The van der Waals surface area contributed by atoms with Gasteiger partial charge in [-0.3, -0.25) is 4.79 Å². The van der Waals surface area contributed by atoms with Crippen LogP contribution in [0.2, 0.25) is 0 Å². The summed E-state index contributed by atoms with van der Waals surface area (Å²) in [5, 5.41) is 0. The van der Waals surface area contributed by atoms with Gasteiger partial charge in [0.15, 0.2) is 0 Å². The molecular weight excluding hydrogens is 381 g/mol. The van der Waals surface area contributed by atoms with Crippen LogP contribution >= 0.6 is 0 Å². The molecular formula is C25H26FNO3. The number of halogens is 1. The second-order valence-electron chi connectivity index (χ2n) is 6.89. The van der Waals surface area contributed by atoms with Gasteiger partial charge < -0.3 is 9.47 Å². The van der Waals surface area contributed by atoms with E-state index in [-0.39, 0.29) is 18.0 Å². The molecule has 1 aromatic heterocycles. The second kappa shape index (κ2) is 10.5. The van der Waals surface area contributed by atoms with Crippen LogP contribution in [-0.2, 0) is 17.6 Å². The number of nitrogens with zero attached hydrogens (tertiary/aromatic N) is 1. The Kier molecular flexibility index (Phi) is 7.55. The quantitative estimate of drug-likeness (QED) is 0.450. The van der Waals surface area contributed by atoms with Crippen LogP contribution in [0.1, 0.15) is 31.5 Å². The highest BCUT2D eigenvalue weighted by Gasteiger charge is 2.12. The fraction of sp³-hybridized carbons (Fsp3) is 0.280. The predicted molar refractivity (Wildman–Crippen MR) is 115 cm³/mol. The number of carbonyl (C=O) groups is 1. The summed E-state index contributed by atoms with van der Waals surface area (Å²) < 4.78 is 24.5. The molecule has 0 saturated carbocycles. The average molecular weight is 407 g/mol. The largest absolute Gasteiger partial charge is 0.494 e. The van der Waals surface area contributed by atoms with Crippen molar-refractivity contribution in [2.45, 2.75) is 33.1 Å². The standard InChI is InChI=1S/C25H26FNO3/c1-3-29-23-13-9-19(10-14-23)24-15-11-21(27-25(24)30-4-2)17-22(28)12-8-18-6-5-7-20(26)16-18/h5-7,9-11,13-16H,3-4,8,12,17H2,1-2H3. The third-order valence-electron chi connectivity index (χ3n) is 4.64. The van der Waals surface area contributed by atoms with Crippen LogP contribution in [-0.4, -0.2) is 24.0 Å². The molecule has 0 atom stereocenters. The lowest BCUT2D eigenvalue weighted by molar-refractivity contribution is -0.118. The molecule has 0 amide bonds. The third kappa shape index (κ3) is 5.89. The van der Waals surface area contributed by atoms with E-state index in [1.165, 1.54) is 12.1 Å². The molecule has 4 nitrogen and oxygen atoms in total. The highest BCUT2D eigenvalue weighted by atomic mass is 19.1. The number of ether oxygens (including phenoxy) is 2. The van der Waals surface area contributed by atoms with Gasteiger partial charge in [0.05, 0.1) is 18.9 Å². The zero-order valence-corrected chi connectivity index (χ0v) is 17.4. The van der Waals surface area contributed by atoms with Gasteiger partial charge in [-0.1, -0.05) is 24.3 Å². The first-order valence-corrected chi connectivity index (χ1v) is 10.2. The molecule has 0 aliphatic carbocycles. The Morgan fingerprint density at radius 3 is 2.43 bits per heavy atom. The maximum absolute atomic E-state index is 13.3. The number of Topliss-reactive ketones (excluding diaryl/α,β-unsaturated/α-hetero) is 1. The van der Waals surface area contributed by atoms with Gasteiger partial charge in [0.25, 0.3) is 0 Å². The van der Waals surface area contributed by atoms with Crippen LogP contribution in [0.4, 0.5) is 4.39 Å². The normalized spacial score (nSPS) is 10.6. The van der Waals surface area contributed by atoms with Gasteiger partial charge in [0.1, 0.15) is 17.3 Å². The SMILES string of the molecule is CCOc1ccc(-c2ccc(CC(=O)CCc3cccc(F)c3)nc2OCC)cc1. The minimum absolute atomic E-state index is 0.0584. The fourth-order valence-electron chi connectivity index (χ4n) is 3.21. The van der Waals surface area contributed by atoms with Gasteiger partial charge in [0.2, 0.25) is 5.88 Å². The van der Waals surface area contributed by atoms with E-state index in [1.807, 2.05) is 56.3 Å². The van der Waals surface area contributed by atoms with Gasteiger partial charge in [-0.25, -0.2) is 9.37 Å². The summed E-state index contributed by atoms with van der Waals surface area (Å²) in [5.41, 5.74) is 3.32. The summed E-state index contributed by atoms with van der Waals surface area (Å²) in [4.78, 5) is 17.0. The molecule has 0 N–H and O–H groups in total. The van der Waals surface area contributed by atoms with Gasteiger partial charge in [-0.05, 0) is 67.8 Å². The van der Waals surface area contributed by atoms with E-state index in [0.29, 0.717) is 37.6 Å². The Bertz CT molecular complexity index is 986. The molecule has 0 saturated heterocycles. The Morgan fingerprint density at radius 1 is 0.967 bits per heavy atom. The van der Waals surface area contributed by atoms with Crippen molar-refractivity contribution in [2.75, 3.05) is 13.2 Å². The maximum Gasteiger partial charge on any atom is 0.221 e. The molecule has 3 rings (SSSR count). The number of rotatable bonds is 10. The number of ketones is 1. The number of hydrogen-bond acceptors (Lipinski definition) is 4. The molecule has 0 unspecified atom stereocenters. The van der Waals surface area contributed by atoms with Gasteiger partial charge in [-0.15, -0.1) is 0 Å². The minimum atomic E-state index is -0.284. The Hall–Kier alpha value is -3.21. The highest BCUT2D eigenvalue weighted by molar-refractivity contribution is 5.81. The molecule has 0 bridgehead atoms. The molecule has 3 aromatic rings. The Morgan fingerprint density at radius 2 is 1.73 bits per heavy atom. The van der Waals surface area contributed by atoms with Crippen molar-refractivity contribution in [3.8, 4) is 22.8 Å². The summed E-state index contributed by atoms with van der Waals surface area (Å²) in [7, 11) is 0. The van der Waals surface area contributed by atoms with E-state index < -0.39 is 0 Å². The Balaban J connectivity index is 1.70. The van der Waals surface area contributed by atoms with E-state index in [0.717, 1.165) is 22.4 Å². The van der Waals surface area contributed by atoms with E-state index in [1.54, 1.807) is 6.07 Å². The molecule has 0 aliphatic heterocycles. The van der Waals surface area contributed by atoms with Crippen LogP contribution in [0, 0.1) is 5.82 Å². The monoisotopic (exact) mass is 407 g/mol. The number of aromatic nitrogens is 1. The lowest BCUT2D eigenvalue weighted by Crippen LogP contribution is -2.07. The smallest absolute Gasteiger partial charge is 0.221 e. The first kappa shape index (κ1) is 21.5. The van der Waals surface area contributed by atoms with Crippen molar-refractivity contribution in [1.82, 2.24) is 4.98 Å². The summed E-state index contributed by atoms with van der Waals surface area (Å²) in [6.07, 6.45) is 1.08. The van der Waals surface area contributed by atoms with Crippen LogP contribution in [0.5, 0.6) is 11.6 Å². The van der Waals surface area contributed by atoms with E-state index in [9.17, 15) is 9.18 Å². The van der Waals surface area contributed by atoms with Gasteiger partial charge >= 0.3 is 0 Å². The van der Waals surface area contributed by atoms with Crippen molar-refractivity contribution >= 4 is 5.78 Å². The van der Waals surface area contributed by atoms with Crippen LogP contribution in [0.25, 0.3) is 11.1 Å². The minimum Gasteiger partial charge on any atom is -0.494 e. The molecule has 1 heterocycles. The third-order valence-corrected chi connectivity index (χ3v) is 4.64. The fourth-order valence-corrected chi connectivity index (χ4v) is 3.21. The van der Waals surface area contributed by atoms with E-state index >= 15 is 0 Å². The lowest BCUT2D eigenvalue weighted by atomic mass is 10.0. The van der Waals surface area contributed by atoms with Crippen molar-refractivity contribution in [3.63, 3.8) is 0 Å². The second-order valence-corrected chi connectivity index (χ2v) is 6.89. The van der Waals surface area contributed by atoms with E-state index in [2.05, 4.69) is 4.98 Å². The predicted octanol–water partition coefficient (Wildman–Crippen LogP) is 5.43. The van der Waals surface area contributed by atoms with Crippen LogP contribution < -0.4 is 9.47 Å². The van der Waals surface area contributed by atoms with Crippen LogP contribution in [0.3, 0.4) is 0 Å². The van der Waals surface area contributed by atoms with Crippen molar-refractivity contribution in [2.24, 2.45) is 0 Å². The van der Waals surface area contributed by atoms with Crippen molar-refractivity contribution < 1.29 is 18.7 Å². The first-order valence-electron chi connectivity index (χ1n) is 10.2. The van der Waals surface area contributed by atoms with E-state index in [4.69, 9.17) is 9.47 Å². The summed E-state index contributed by atoms with van der Waals surface area (Å²) in [5.74, 6) is 1.10. The van der Waals surface area contributed by atoms with Crippen molar-refractivity contribution in [3.05, 3.63) is 77.7 Å². The molecule has 0 spiro atoms. The molecule has 156 valence electrons. The van der Waals surface area contributed by atoms with Gasteiger partial charge in [-0.2, -0.15) is 0 Å². The van der Waals surface area contributed by atoms with Gasteiger partial charge in [0, 0.05) is 18.4 Å². The Labute approximate surface area is 176 Å². The van der Waals surface area contributed by atoms with Crippen LogP contribution in [0.15, 0.2) is 60.7 Å². The molecule has 0 fully saturated rings. The lowest BCUT2D eigenvalue weighted by Gasteiger charge is -2.12. The highest BCUT2D eigenvalue weighted by Crippen LogP contribution is 2.30. The summed E-state index contributed by atoms with van der Waals surface area (Å²) >= 11 is 0. The number of hydrogen-bond donors (Lipinski definition) is 0. The topological polar surface area (TPSA) is 48.4 Å². The summed E-state index contributed by atoms with van der Waals surface area (Å²) in [6.45, 7) is 4.95. The summed E-state index contributed by atoms with van der Waals surface area (Å²) in [6, 6.07) is 17.9. The molecule has 30 heavy (non-hydrogen) atoms. The zero-order chi connectivity index (χ0) is 21.3. The number of aryl methyl sites for hydroxylation is 1. The molecule has 5 heteroatoms.